The Hall–Kier alpha value is -3.95. The largest absolute Gasteiger partial charge is 0.496 e. The molecule has 2 aromatic carbocycles. The van der Waals surface area contributed by atoms with E-state index in [1.54, 1.807) is 12.1 Å². The number of hydrogen-bond donors (Lipinski definition) is 1. The molecule has 4 rings (SSSR count). The van der Waals surface area contributed by atoms with Crippen LogP contribution in [0.1, 0.15) is 5.56 Å². The molecular weight excluding hydrogens is 415 g/mol. The fourth-order valence-corrected chi connectivity index (χ4v) is 3.18. The third-order valence-electron chi connectivity index (χ3n) is 4.66. The van der Waals surface area contributed by atoms with E-state index in [-0.39, 0.29) is 34.1 Å². The molecule has 31 heavy (non-hydrogen) atoms. The highest BCUT2D eigenvalue weighted by atomic mass is 19.2. The minimum atomic E-state index is -1.13. The number of ether oxygens (including phenoxy) is 3. The number of nitrogens with zero attached hydrogens (tertiary/aromatic N) is 2. The summed E-state index contributed by atoms with van der Waals surface area (Å²) in [5.41, 5.74) is -0.308. The van der Waals surface area contributed by atoms with Gasteiger partial charge >= 0.3 is 5.69 Å². The zero-order valence-corrected chi connectivity index (χ0v) is 16.4. The van der Waals surface area contributed by atoms with Crippen molar-refractivity contribution in [3.05, 3.63) is 76.1 Å². The van der Waals surface area contributed by atoms with Crippen LogP contribution in [0.4, 0.5) is 13.2 Å². The molecule has 0 amide bonds. The normalized spacial score (nSPS) is 11.0. The number of pyridine rings is 1. The Labute approximate surface area is 173 Å². The Morgan fingerprint density at radius 2 is 1.77 bits per heavy atom. The highest BCUT2D eigenvalue weighted by molar-refractivity contribution is 5.73. The molecule has 0 spiro atoms. The number of H-pyrrole nitrogens is 1. The van der Waals surface area contributed by atoms with Gasteiger partial charge in [-0.3, -0.25) is 0 Å². The van der Waals surface area contributed by atoms with Gasteiger partial charge in [-0.15, -0.1) is 0 Å². The Kier molecular flexibility index (Phi) is 5.28. The van der Waals surface area contributed by atoms with Gasteiger partial charge in [0.2, 0.25) is 0 Å². The molecule has 160 valence electrons. The van der Waals surface area contributed by atoms with Gasteiger partial charge in [-0.1, -0.05) is 0 Å². The van der Waals surface area contributed by atoms with E-state index in [4.69, 9.17) is 14.2 Å². The number of nitrogens with one attached hydrogen (secondary N) is 1. The SMILES string of the molecule is COc1cc(F)c(-n2c(=O)[nH]c3cccnc32)cc1OCc1c(OC)ccc(F)c1F. The van der Waals surface area contributed by atoms with Crippen molar-refractivity contribution in [3.8, 4) is 22.9 Å². The molecule has 1 N–H and O–H groups in total. The monoisotopic (exact) mass is 431 g/mol. The Morgan fingerprint density at radius 1 is 1.00 bits per heavy atom. The van der Waals surface area contributed by atoms with Crippen LogP contribution in [0.25, 0.3) is 16.9 Å². The number of imidazole rings is 1. The van der Waals surface area contributed by atoms with Gasteiger partial charge in [0, 0.05) is 18.3 Å². The van der Waals surface area contributed by atoms with E-state index in [2.05, 4.69) is 9.97 Å². The molecule has 0 fully saturated rings. The van der Waals surface area contributed by atoms with Crippen LogP contribution in [0.3, 0.4) is 0 Å². The molecule has 10 heteroatoms. The molecular formula is C21H16F3N3O4. The average Bonchev–Trinajstić information content (AvgIpc) is 3.10. The number of fused-ring (bicyclic) bond motifs is 1. The van der Waals surface area contributed by atoms with E-state index in [0.29, 0.717) is 5.52 Å². The predicted octanol–water partition coefficient (Wildman–Crippen LogP) is 3.73. The summed E-state index contributed by atoms with van der Waals surface area (Å²) < 4.78 is 59.6. The van der Waals surface area contributed by atoms with Crippen LogP contribution in [-0.4, -0.2) is 28.8 Å². The Bertz CT molecular complexity index is 1330. The Morgan fingerprint density at radius 3 is 2.52 bits per heavy atom. The van der Waals surface area contributed by atoms with E-state index in [9.17, 15) is 18.0 Å². The predicted molar refractivity (Wildman–Crippen MR) is 105 cm³/mol. The van der Waals surface area contributed by atoms with Crippen molar-refractivity contribution in [2.75, 3.05) is 14.2 Å². The molecule has 0 saturated heterocycles. The average molecular weight is 431 g/mol. The lowest BCUT2D eigenvalue weighted by Gasteiger charge is -2.15. The number of benzene rings is 2. The van der Waals surface area contributed by atoms with Crippen molar-refractivity contribution in [3.63, 3.8) is 0 Å². The first-order valence-electron chi connectivity index (χ1n) is 9.02. The number of hydrogen-bond acceptors (Lipinski definition) is 5. The highest BCUT2D eigenvalue weighted by Crippen LogP contribution is 2.34. The zero-order valence-electron chi connectivity index (χ0n) is 16.4. The summed E-state index contributed by atoms with van der Waals surface area (Å²) in [6, 6.07) is 7.70. The summed E-state index contributed by atoms with van der Waals surface area (Å²) in [6.07, 6.45) is 1.46. The number of halogens is 3. The summed E-state index contributed by atoms with van der Waals surface area (Å²) in [5.74, 6) is -2.88. The molecule has 0 saturated carbocycles. The minimum Gasteiger partial charge on any atom is -0.496 e. The van der Waals surface area contributed by atoms with Gasteiger partial charge in [0.1, 0.15) is 12.4 Å². The van der Waals surface area contributed by atoms with Crippen LogP contribution in [-0.2, 0) is 6.61 Å². The maximum Gasteiger partial charge on any atom is 0.332 e. The molecule has 0 aliphatic heterocycles. The van der Waals surface area contributed by atoms with Crippen molar-refractivity contribution in [2.45, 2.75) is 6.61 Å². The number of rotatable bonds is 6. The first-order valence-corrected chi connectivity index (χ1v) is 9.02. The summed E-state index contributed by atoms with van der Waals surface area (Å²) in [6.45, 7) is -0.435. The third-order valence-corrected chi connectivity index (χ3v) is 4.66. The van der Waals surface area contributed by atoms with E-state index < -0.39 is 29.7 Å². The van der Waals surface area contributed by atoms with Crippen LogP contribution in [0, 0.1) is 17.5 Å². The van der Waals surface area contributed by atoms with Crippen LogP contribution < -0.4 is 19.9 Å². The van der Waals surface area contributed by atoms with Crippen LogP contribution in [0.15, 0.2) is 47.4 Å². The minimum absolute atomic E-state index is 0.00166. The van der Waals surface area contributed by atoms with Gasteiger partial charge < -0.3 is 19.2 Å². The fraction of sp³-hybridized carbons (Fsp3) is 0.143. The van der Waals surface area contributed by atoms with E-state index in [1.807, 2.05) is 0 Å². The first kappa shape index (κ1) is 20.3. The molecule has 0 aliphatic rings. The molecule has 0 bridgehead atoms. The number of aromatic amines is 1. The van der Waals surface area contributed by atoms with Crippen LogP contribution >= 0.6 is 0 Å². The van der Waals surface area contributed by atoms with Crippen molar-refractivity contribution >= 4 is 11.2 Å². The van der Waals surface area contributed by atoms with Crippen molar-refractivity contribution in [1.29, 1.82) is 0 Å². The summed E-state index contributed by atoms with van der Waals surface area (Å²) in [4.78, 5) is 19.1. The standard InChI is InChI=1S/C21H16F3N3O4/c1-29-16-6-5-12(22)19(24)11(16)10-31-18-9-15(13(23)8-17(18)30-2)27-20-14(26-21(27)28)4-3-7-25-20/h3-9H,10H2,1-2H3,(H,26,28). The van der Waals surface area contributed by atoms with Crippen molar-refractivity contribution in [1.82, 2.24) is 14.5 Å². The molecule has 0 atom stereocenters. The molecule has 4 aromatic rings. The molecule has 0 unspecified atom stereocenters. The quantitative estimate of drug-likeness (QED) is 0.504. The molecule has 2 heterocycles. The van der Waals surface area contributed by atoms with Crippen molar-refractivity contribution < 1.29 is 27.4 Å². The second-order valence-electron chi connectivity index (χ2n) is 6.43. The summed E-state index contributed by atoms with van der Waals surface area (Å²) in [5, 5.41) is 0. The lowest BCUT2D eigenvalue weighted by atomic mass is 10.2. The number of aromatic nitrogens is 3. The summed E-state index contributed by atoms with van der Waals surface area (Å²) in [7, 11) is 2.60. The smallest absolute Gasteiger partial charge is 0.332 e. The maximum atomic E-state index is 14.8. The molecule has 0 radical (unpaired) electrons. The van der Waals surface area contributed by atoms with Crippen LogP contribution in [0.5, 0.6) is 17.2 Å². The second kappa shape index (κ2) is 8.05. The molecule has 0 aliphatic carbocycles. The van der Waals surface area contributed by atoms with Crippen molar-refractivity contribution in [2.24, 2.45) is 0 Å². The Balaban J connectivity index is 1.79. The zero-order chi connectivity index (χ0) is 22.1. The van der Waals surface area contributed by atoms with Gasteiger partial charge in [-0.25, -0.2) is 27.5 Å². The van der Waals surface area contributed by atoms with E-state index in [1.165, 1.54) is 32.5 Å². The topological polar surface area (TPSA) is 78.4 Å². The van der Waals surface area contributed by atoms with Gasteiger partial charge in [0.15, 0.2) is 34.6 Å². The second-order valence-corrected chi connectivity index (χ2v) is 6.43. The van der Waals surface area contributed by atoms with Gasteiger partial charge in [-0.05, 0) is 24.3 Å². The van der Waals surface area contributed by atoms with E-state index >= 15 is 0 Å². The molecule has 7 nitrogen and oxygen atoms in total. The molecule has 2 aromatic heterocycles. The fourth-order valence-electron chi connectivity index (χ4n) is 3.18. The number of methoxy groups -OCH3 is 2. The first-order chi connectivity index (χ1) is 14.9. The summed E-state index contributed by atoms with van der Waals surface area (Å²) >= 11 is 0. The lowest BCUT2D eigenvalue weighted by molar-refractivity contribution is 0.269. The van der Waals surface area contributed by atoms with Gasteiger partial charge in [0.25, 0.3) is 0 Å². The van der Waals surface area contributed by atoms with Crippen LogP contribution in [0.2, 0.25) is 0 Å². The van der Waals surface area contributed by atoms with Gasteiger partial charge in [-0.2, -0.15) is 0 Å². The van der Waals surface area contributed by atoms with Gasteiger partial charge in [0.05, 0.1) is 31.0 Å². The van der Waals surface area contributed by atoms with E-state index in [0.717, 1.165) is 16.7 Å². The third kappa shape index (κ3) is 3.56. The maximum absolute atomic E-state index is 14.8. The highest BCUT2D eigenvalue weighted by Gasteiger charge is 2.20. The lowest BCUT2D eigenvalue weighted by Crippen LogP contribution is -2.16.